The van der Waals surface area contributed by atoms with Gasteiger partial charge >= 0.3 is 11.2 Å². The Morgan fingerprint density at radius 1 is 1.61 bits per heavy atom. The summed E-state index contributed by atoms with van der Waals surface area (Å²) in [6.07, 6.45) is 4.65. The number of nitrogens with zero attached hydrogens (tertiary/aromatic N) is 1. The first kappa shape index (κ1) is 13.6. The summed E-state index contributed by atoms with van der Waals surface area (Å²) in [7, 11) is 0. The summed E-state index contributed by atoms with van der Waals surface area (Å²) in [4.78, 5) is 34.2. The Kier molecular flexibility index (Phi) is 4.36. The van der Waals surface area contributed by atoms with E-state index < -0.39 is 16.2 Å². The molecule has 1 aromatic heterocycles. The summed E-state index contributed by atoms with van der Waals surface area (Å²) in [5, 5.41) is 13.3. The molecule has 0 fully saturated rings. The Morgan fingerprint density at radius 3 is 2.83 bits per heavy atom. The number of H-pyrrole nitrogens is 1. The lowest BCUT2D eigenvalue weighted by atomic mass is 10.1. The molecule has 96 valence electrons. The third kappa shape index (κ3) is 3.27. The fourth-order valence-corrected chi connectivity index (χ4v) is 1.41. The van der Waals surface area contributed by atoms with Gasteiger partial charge in [-0.15, -0.1) is 0 Å². The second kappa shape index (κ2) is 5.76. The van der Waals surface area contributed by atoms with Crippen molar-refractivity contribution < 1.29 is 9.72 Å². The van der Waals surface area contributed by atoms with Crippen LogP contribution < -0.4 is 10.9 Å². The molecule has 18 heavy (non-hydrogen) atoms. The molecule has 7 nitrogen and oxygen atoms in total. The molecule has 0 saturated carbocycles. The van der Waals surface area contributed by atoms with Gasteiger partial charge in [0.1, 0.15) is 0 Å². The fourth-order valence-electron chi connectivity index (χ4n) is 1.41. The van der Waals surface area contributed by atoms with Crippen LogP contribution in [-0.4, -0.2) is 22.4 Å². The quantitative estimate of drug-likeness (QED) is 0.608. The van der Waals surface area contributed by atoms with E-state index in [1.54, 1.807) is 12.2 Å². The molecule has 7 heteroatoms. The third-order valence-corrected chi connectivity index (χ3v) is 2.31. The maximum Gasteiger partial charge on any atom is 0.337 e. The Balaban J connectivity index is 2.98. The number of rotatable bonds is 4. The van der Waals surface area contributed by atoms with Gasteiger partial charge in [-0.3, -0.25) is 19.7 Å². The molecule has 0 radical (unpaired) electrons. The van der Waals surface area contributed by atoms with Gasteiger partial charge in [0.2, 0.25) is 5.91 Å². The minimum Gasteiger partial charge on any atom is -0.353 e. The predicted octanol–water partition coefficient (Wildman–Crippen LogP) is 0.741. The van der Waals surface area contributed by atoms with Crippen molar-refractivity contribution in [3.8, 4) is 0 Å². The number of amides is 1. The van der Waals surface area contributed by atoms with Crippen molar-refractivity contribution in [3.05, 3.63) is 43.9 Å². The second-order valence-electron chi connectivity index (χ2n) is 3.64. The number of nitrogens with one attached hydrogen (secondary N) is 2. The molecule has 0 spiro atoms. The van der Waals surface area contributed by atoms with Gasteiger partial charge in [-0.25, -0.2) is 0 Å². The van der Waals surface area contributed by atoms with E-state index in [2.05, 4.69) is 10.3 Å². The Labute approximate surface area is 103 Å². The number of nitro groups is 1. The molecule has 0 aliphatic rings. The molecule has 1 rings (SSSR count). The molecule has 0 unspecified atom stereocenters. The van der Waals surface area contributed by atoms with Crippen LogP contribution >= 0.6 is 0 Å². The maximum absolute atomic E-state index is 11.3. The number of carbonyl (C=O) groups is 1. The summed E-state index contributed by atoms with van der Waals surface area (Å²) >= 11 is 0. The normalized spacial score (nSPS) is 10.6. The fraction of sp³-hybridized carbons (Fsp3) is 0.273. The van der Waals surface area contributed by atoms with Gasteiger partial charge in [-0.05, 0) is 6.92 Å². The zero-order chi connectivity index (χ0) is 13.7. The topological polar surface area (TPSA) is 105 Å². The van der Waals surface area contributed by atoms with Crippen molar-refractivity contribution in [2.24, 2.45) is 0 Å². The molecule has 1 amide bonds. The largest absolute Gasteiger partial charge is 0.353 e. The minimum absolute atomic E-state index is 0.163. The van der Waals surface area contributed by atoms with E-state index in [0.717, 1.165) is 0 Å². The average Bonchev–Trinajstić information content (AvgIpc) is 2.26. The van der Waals surface area contributed by atoms with E-state index >= 15 is 0 Å². The van der Waals surface area contributed by atoms with E-state index in [1.165, 1.54) is 20.0 Å². The summed E-state index contributed by atoms with van der Waals surface area (Å²) in [5.41, 5.74) is -0.359. The predicted molar refractivity (Wildman–Crippen MR) is 66.2 cm³/mol. The highest BCUT2D eigenvalue weighted by atomic mass is 16.6. The Hall–Kier alpha value is -2.44. The lowest BCUT2D eigenvalue weighted by Gasteiger charge is -2.01. The van der Waals surface area contributed by atoms with Crippen LogP contribution in [0.25, 0.3) is 6.08 Å². The molecule has 0 atom stereocenters. The van der Waals surface area contributed by atoms with Gasteiger partial charge in [-0.2, -0.15) is 0 Å². The lowest BCUT2D eigenvalue weighted by Crippen LogP contribution is -2.19. The monoisotopic (exact) mass is 251 g/mol. The molecule has 0 aliphatic carbocycles. The van der Waals surface area contributed by atoms with Crippen LogP contribution in [0, 0.1) is 17.0 Å². The highest BCUT2D eigenvalue weighted by Crippen LogP contribution is 2.16. The number of aromatic nitrogens is 1. The number of carbonyl (C=O) groups excluding carboxylic acids is 1. The molecule has 0 bridgehead atoms. The van der Waals surface area contributed by atoms with Crippen LogP contribution in [0.2, 0.25) is 0 Å². The molecule has 0 aromatic carbocycles. The van der Waals surface area contributed by atoms with Crippen LogP contribution in [0.3, 0.4) is 0 Å². The van der Waals surface area contributed by atoms with Gasteiger partial charge < -0.3 is 10.3 Å². The first-order chi connectivity index (χ1) is 8.43. The smallest absolute Gasteiger partial charge is 0.337 e. The van der Waals surface area contributed by atoms with Gasteiger partial charge in [0, 0.05) is 30.8 Å². The Morgan fingerprint density at radius 2 is 2.28 bits per heavy atom. The van der Waals surface area contributed by atoms with Gasteiger partial charge in [0.15, 0.2) is 0 Å². The average molecular weight is 251 g/mol. The summed E-state index contributed by atoms with van der Waals surface area (Å²) < 4.78 is 0. The number of aromatic amines is 1. The zero-order valence-electron chi connectivity index (χ0n) is 10.0. The SMILES string of the molecule is CC(=O)NCC=Cc1c[nH]c(=O)c([N+](=O)[O-])c1C. The summed E-state index contributed by atoms with van der Waals surface area (Å²) in [6.45, 7) is 3.22. The highest BCUT2D eigenvalue weighted by molar-refractivity contribution is 5.73. The van der Waals surface area contributed by atoms with Crippen LogP contribution in [0.5, 0.6) is 0 Å². The second-order valence-corrected chi connectivity index (χ2v) is 3.64. The van der Waals surface area contributed by atoms with E-state index in [9.17, 15) is 19.7 Å². The highest BCUT2D eigenvalue weighted by Gasteiger charge is 2.17. The minimum atomic E-state index is -0.725. The first-order valence-electron chi connectivity index (χ1n) is 5.21. The zero-order valence-corrected chi connectivity index (χ0v) is 10.0. The number of hydrogen-bond donors (Lipinski definition) is 2. The molecular formula is C11H13N3O4. The maximum atomic E-state index is 11.3. The van der Waals surface area contributed by atoms with Gasteiger partial charge in [-0.1, -0.05) is 12.2 Å². The van der Waals surface area contributed by atoms with Crippen molar-refractivity contribution in [2.45, 2.75) is 13.8 Å². The standard InChI is InChI=1S/C11H13N3O4/c1-7-9(4-3-5-12-8(2)15)6-13-11(16)10(7)14(17)18/h3-4,6H,5H2,1-2H3,(H,12,15)(H,13,16). The van der Waals surface area contributed by atoms with Crippen molar-refractivity contribution in [1.82, 2.24) is 10.3 Å². The molecular weight excluding hydrogens is 238 g/mol. The van der Waals surface area contributed by atoms with Crippen molar-refractivity contribution in [1.29, 1.82) is 0 Å². The molecule has 0 saturated heterocycles. The number of pyridine rings is 1. The van der Waals surface area contributed by atoms with Gasteiger partial charge in [0.25, 0.3) is 0 Å². The van der Waals surface area contributed by atoms with Crippen molar-refractivity contribution >= 4 is 17.7 Å². The van der Waals surface area contributed by atoms with Crippen molar-refractivity contribution in [3.63, 3.8) is 0 Å². The van der Waals surface area contributed by atoms with Crippen LogP contribution in [0.4, 0.5) is 5.69 Å². The first-order valence-corrected chi connectivity index (χ1v) is 5.21. The van der Waals surface area contributed by atoms with Crippen LogP contribution in [0.15, 0.2) is 17.1 Å². The van der Waals surface area contributed by atoms with Crippen molar-refractivity contribution in [2.75, 3.05) is 6.54 Å². The Bertz CT molecular complexity index is 560. The van der Waals surface area contributed by atoms with E-state index in [-0.39, 0.29) is 5.91 Å². The van der Waals surface area contributed by atoms with E-state index in [4.69, 9.17) is 0 Å². The summed E-state index contributed by atoms with van der Waals surface area (Å²) in [5.74, 6) is -0.163. The number of hydrogen-bond acceptors (Lipinski definition) is 4. The van der Waals surface area contributed by atoms with Crippen LogP contribution in [-0.2, 0) is 4.79 Å². The lowest BCUT2D eigenvalue weighted by molar-refractivity contribution is -0.386. The van der Waals surface area contributed by atoms with E-state index in [0.29, 0.717) is 17.7 Å². The molecule has 2 N–H and O–H groups in total. The third-order valence-electron chi connectivity index (χ3n) is 2.31. The molecule has 1 heterocycles. The summed E-state index contributed by atoms with van der Waals surface area (Å²) in [6, 6.07) is 0. The van der Waals surface area contributed by atoms with Gasteiger partial charge in [0.05, 0.1) is 4.92 Å². The van der Waals surface area contributed by atoms with Crippen LogP contribution in [0.1, 0.15) is 18.1 Å². The van der Waals surface area contributed by atoms with E-state index in [1.807, 2.05) is 0 Å². The molecule has 0 aliphatic heterocycles. The molecule has 1 aromatic rings.